The van der Waals surface area contributed by atoms with Gasteiger partial charge in [0.15, 0.2) is 0 Å². The van der Waals surface area contributed by atoms with Crippen molar-refractivity contribution in [2.24, 2.45) is 0 Å². The van der Waals surface area contributed by atoms with E-state index in [1.165, 1.54) is 6.07 Å². The standard InChI is InChI=1S/C15H15NO3/c1-2-3-6-9-16-13-8-5-4-7-11(13)12(15(18)19)10-14(16)17/h2,4-5,7-8,10H,1,3,6,9H2,(H,18,19). The molecule has 0 spiro atoms. The number of allylic oxidation sites excluding steroid dienone is 1. The number of hydrogen-bond donors (Lipinski definition) is 1. The quantitative estimate of drug-likeness (QED) is 0.661. The first-order chi connectivity index (χ1) is 9.15. The fourth-order valence-corrected chi connectivity index (χ4v) is 2.14. The molecule has 0 saturated heterocycles. The number of benzene rings is 1. The van der Waals surface area contributed by atoms with Crippen molar-refractivity contribution < 1.29 is 9.90 Å². The highest BCUT2D eigenvalue weighted by Crippen LogP contribution is 2.17. The normalized spacial score (nSPS) is 10.5. The smallest absolute Gasteiger partial charge is 0.336 e. The summed E-state index contributed by atoms with van der Waals surface area (Å²) < 4.78 is 1.62. The molecule has 0 atom stereocenters. The first kappa shape index (κ1) is 13.1. The largest absolute Gasteiger partial charge is 0.478 e. The van der Waals surface area contributed by atoms with Crippen LogP contribution in [0.4, 0.5) is 0 Å². The summed E-state index contributed by atoms with van der Waals surface area (Å²) in [6, 6.07) is 8.27. The van der Waals surface area contributed by atoms with Gasteiger partial charge in [-0.1, -0.05) is 24.3 Å². The van der Waals surface area contributed by atoms with Crippen molar-refractivity contribution in [3.8, 4) is 0 Å². The molecule has 0 saturated carbocycles. The molecular weight excluding hydrogens is 242 g/mol. The van der Waals surface area contributed by atoms with Crippen molar-refractivity contribution >= 4 is 16.9 Å². The van der Waals surface area contributed by atoms with Crippen LogP contribution in [0.15, 0.2) is 47.8 Å². The summed E-state index contributed by atoms with van der Waals surface area (Å²) in [6.07, 6.45) is 3.43. The van der Waals surface area contributed by atoms with Crippen LogP contribution < -0.4 is 5.56 Å². The van der Waals surface area contributed by atoms with Gasteiger partial charge in [-0.25, -0.2) is 4.79 Å². The number of para-hydroxylation sites is 1. The highest BCUT2D eigenvalue weighted by Gasteiger charge is 2.12. The Morgan fingerprint density at radius 2 is 2.11 bits per heavy atom. The van der Waals surface area contributed by atoms with Gasteiger partial charge in [-0.15, -0.1) is 6.58 Å². The Hall–Kier alpha value is -2.36. The van der Waals surface area contributed by atoms with Gasteiger partial charge in [0.25, 0.3) is 5.56 Å². The van der Waals surface area contributed by atoms with Crippen molar-refractivity contribution in [3.05, 3.63) is 58.9 Å². The molecule has 0 fully saturated rings. The predicted octanol–water partition coefficient (Wildman–Crippen LogP) is 2.67. The number of unbranched alkanes of at least 4 members (excludes halogenated alkanes) is 1. The van der Waals surface area contributed by atoms with E-state index in [0.29, 0.717) is 17.4 Å². The molecule has 0 amide bonds. The van der Waals surface area contributed by atoms with E-state index in [2.05, 4.69) is 6.58 Å². The average Bonchev–Trinajstić information content (AvgIpc) is 2.40. The summed E-state index contributed by atoms with van der Waals surface area (Å²) in [4.78, 5) is 23.2. The second-order valence-electron chi connectivity index (χ2n) is 4.30. The van der Waals surface area contributed by atoms with Crippen LogP contribution in [0.5, 0.6) is 0 Å². The minimum absolute atomic E-state index is 0.0561. The Kier molecular flexibility index (Phi) is 3.80. The molecule has 0 aliphatic heterocycles. The van der Waals surface area contributed by atoms with Crippen LogP contribution in [0.3, 0.4) is 0 Å². The monoisotopic (exact) mass is 257 g/mol. The fourth-order valence-electron chi connectivity index (χ4n) is 2.14. The summed E-state index contributed by atoms with van der Waals surface area (Å²) in [7, 11) is 0. The number of aromatic nitrogens is 1. The summed E-state index contributed by atoms with van der Waals surface area (Å²) in [5.74, 6) is -1.08. The van der Waals surface area contributed by atoms with Crippen molar-refractivity contribution in [1.82, 2.24) is 4.57 Å². The molecule has 4 heteroatoms. The molecule has 2 rings (SSSR count). The second kappa shape index (κ2) is 5.52. The van der Waals surface area contributed by atoms with Gasteiger partial charge in [-0.05, 0) is 18.9 Å². The number of carboxylic acids is 1. The van der Waals surface area contributed by atoms with E-state index in [-0.39, 0.29) is 11.1 Å². The van der Waals surface area contributed by atoms with Gasteiger partial charge in [0.05, 0.1) is 11.1 Å². The zero-order chi connectivity index (χ0) is 13.8. The number of carboxylic acid groups (broad SMARTS) is 1. The average molecular weight is 257 g/mol. The number of hydrogen-bond acceptors (Lipinski definition) is 2. The molecule has 4 nitrogen and oxygen atoms in total. The zero-order valence-corrected chi connectivity index (χ0v) is 10.5. The minimum atomic E-state index is -1.08. The molecule has 0 radical (unpaired) electrons. The maximum absolute atomic E-state index is 12.0. The predicted molar refractivity (Wildman–Crippen MR) is 74.6 cm³/mol. The molecule has 0 aliphatic rings. The first-order valence-corrected chi connectivity index (χ1v) is 6.12. The molecule has 0 aliphatic carbocycles. The third-order valence-corrected chi connectivity index (χ3v) is 3.04. The van der Waals surface area contributed by atoms with E-state index < -0.39 is 5.97 Å². The van der Waals surface area contributed by atoms with Crippen molar-refractivity contribution in [2.75, 3.05) is 0 Å². The number of rotatable bonds is 5. The van der Waals surface area contributed by atoms with Crippen LogP contribution in [0, 0.1) is 0 Å². The van der Waals surface area contributed by atoms with E-state index >= 15 is 0 Å². The molecule has 0 unspecified atom stereocenters. The number of aromatic carboxylic acids is 1. The van der Waals surface area contributed by atoms with Gasteiger partial charge in [0, 0.05) is 18.0 Å². The Labute approximate surface area is 110 Å². The van der Waals surface area contributed by atoms with E-state index in [1.807, 2.05) is 0 Å². The SMILES string of the molecule is C=CCCCn1c(=O)cc(C(=O)O)c2ccccc21. The molecule has 1 aromatic carbocycles. The maximum atomic E-state index is 12.0. The highest BCUT2D eigenvalue weighted by atomic mass is 16.4. The topological polar surface area (TPSA) is 59.3 Å². The van der Waals surface area contributed by atoms with Gasteiger partial charge >= 0.3 is 5.97 Å². The Balaban J connectivity index is 2.62. The lowest BCUT2D eigenvalue weighted by molar-refractivity contribution is 0.0698. The summed E-state index contributed by atoms with van der Waals surface area (Å²) >= 11 is 0. The lowest BCUT2D eigenvalue weighted by Gasteiger charge is -2.11. The maximum Gasteiger partial charge on any atom is 0.336 e. The Morgan fingerprint density at radius 3 is 2.79 bits per heavy atom. The molecular formula is C15H15NO3. The third kappa shape index (κ3) is 2.57. The zero-order valence-electron chi connectivity index (χ0n) is 10.5. The minimum Gasteiger partial charge on any atom is -0.478 e. The number of aryl methyl sites for hydroxylation is 1. The number of fused-ring (bicyclic) bond motifs is 1. The first-order valence-electron chi connectivity index (χ1n) is 6.12. The highest BCUT2D eigenvalue weighted by molar-refractivity contribution is 6.02. The Morgan fingerprint density at radius 1 is 1.37 bits per heavy atom. The summed E-state index contributed by atoms with van der Waals surface area (Å²) in [5.41, 5.74) is 0.442. The van der Waals surface area contributed by atoms with Gasteiger partial charge in [-0.2, -0.15) is 0 Å². The van der Waals surface area contributed by atoms with Crippen LogP contribution in [-0.4, -0.2) is 15.6 Å². The van der Waals surface area contributed by atoms with E-state index in [1.54, 1.807) is 34.9 Å². The van der Waals surface area contributed by atoms with Crippen molar-refractivity contribution in [1.29, 1.82) is 0 Å². The van der Waals surface area contributed by atoms with Gasteiger partial charge < -0.3 is 9.67 Å². The number of nitrogens with zero attached hydrogens (tertiary/aromatic N) is 1. The molecule has 0 bridgehead atoms. The van der Waals surface area contributed by atoms with Crippen LogP contribution in [0.1, 0.15) is 23.2 Å². The molecule has 1 aromatic heterocycles. The van der Waals surface area contributed by atoms with E-state index in [4.69, 9.17) is 5.11 Å². The van der Waals surface area contributed by atoms with Gasteiger partial charge in [-0.3, -0.25) is 4.79 Å². The third-order valence-electron chi connectivity index (χ3n) is 3.04. The summed E-state index contributed by atoms with van der Waals surface area (Å²) in [6.45, 7) is 4.21. The van der Waals surface area contributed by atoms with Crippen LogP contribution in [0.2, 0.25) is 0 Å². The van der Waals surface area contributed by atoms with Crippen molar-refractivity contribution in [2.45, 2.75) is 19.4 Å². The molecule has 2 aromatic rings. The van der Waals surface area contributed by atoms with Gasteiger partial charge in [0.2, 0.25) is 0 Å². The molecule has 19 heavy (non-hydrogen) atoms. The fraction of sp³-hybridized carbons (Fsp3) is 0.200. The van der Waals surface area contributed by atoms with Crippen LogP contribution in [-0.2, 0) is 6.54 Å². The van der Waals surface area contributed by atoms with Crippen molar-refractivity contribution in [3.63, 3.8) is 0 Å². The number of carbonyl (C=O) groups is 1. The lowest BCUT2D eigenvalue weighted by Crippen LogP contribution is -2.22. The van der Waals surface area contributed by atoms with Crippen LogP contribution >= 0.6 is 0 Å². The number of pyridine rings is 1. The molecule has 1 heterocycles. The van der Waals surface area contributed by atoms with Gasteiger partial charge in [0.1, 0.15) is 0 Å². The van der Waals surface area contributed by atoms with Crippen LogP contribution in [0.25, 0.3) is 10.9 Å². The van der Waals surface area contributed by atoms with E-state index in [9.17, 15) is 9.59 Å². The lowest BCUT2D eigenvalue weighted by atomic mass is 10.1. The Bertz CT molecular complexity index is 685. The molecule has 1 N–H and O–H groups in total. The summed E-state index contributed by atoms with van der Waals surface area (Å²) in [5, 5.41) is 9.74. The van der Waals surface area contributed by atoms with E-state index in [0.717, 1.165) is 12.8 Å². The molecule has 98 valence electrons. The second-order valence-corrected chi connectivity index (χ2v) is 4.30.